The Balaban J connectivity index is 1.47. The van der Waals surface area contributed by atoms with E-state index in [9.17, 15) is 9.59 Å². The van der Waals surface area contributed by atoms with Gasteiger partial charge >= 0.3 is 0 Å². The number of benzene rings is 2. The van der Waals surface area contributed by atoms with E-state index in [1.807, 2.05) is 53.4 Å². The summed E-state index contributed by atoms with van der Waals surface area (Å²) in [5.74, 6) is 0.891. The molecule has 1 heterocycles. The number of nitrogens with zero attached hydrogens (tertiary/aromatic N) is 2. The number of rotatable bonds is 10. The number of hydrogen-bond acceptors (Lipinski definition) is 5. The van der Waals surface area contributed by atoms with Crippen molar-refractivity contribution in [3.63, 3.8) is 0 Å². The number of carbonyl (C=O) groups excluding carboxylic acids is 2. The Morgan fingerprint density at radius 1 is 1.06 bits per heavy atom. The molecule has 0 saturated carbocycles. The van der Waals surface area contributed by atoms with Crippen molar-refractivity contribution in [1.82, 2.24) is 9.80 Å². The summed E-state index contributed by atoms with van der Waals surface area (Å²) in [5, 5.41) is 0. The van der Waals surface area contributed by atoms with Gasteiger partial charge in [0, 0.05) is 25.0 Å². The van der Waals surface area contributed by atoms with Crippen molar-refractivity contribution in [1.29, 1.82) is 0 Å². The molecule has 0 unspecified atom stereocenters. The highest BCUT2D eigenvalue weighted by atomic mass is 32.2. The highest BCUT2D eigenvalue weighted by molar-refractivity contribution is 8.26. The van der Waals surface area contributed by atoms with E-state index in [1.165, 1.54) is 11.8 Å². The first kappa shape index (κ1) is 27.0. The molecule has 0 aliphatic carbocycles. The molecule has 1 fully saturated rings. The van der Waals surface area contributed by atoms with Gasteiger partial charge in [-0.25, -0.2) is 0 Å². The van der Waals surface area contributed by atoms with Crippen LogP contribution in [0.3, 0.4) is 0 Å². The second kappa shape index (κ2) is 12.4. The van der Waals surface area contributed by atoms with E-state index >= 15 is 0 Å². The van der Waals surface area contributed by atoms with E-state index < -0.39 is 0 Å². The minimum atomic E-state index is -0.245. The van der Waals surface area contributed by atoms with E-state index in [4.69, 9.17) is 17.0 Å². The van der Waals surface area contributed by atoms with E-state index in [-0.39, 0.29) is 17.4 Å². The lowest BCUT2D eigenvalue weighted by Gasteiger charge is -2.36. The van der Waals surface area contributed by atoms with Crippen molar-refractivity contribution in [2.45, 2.75) is 58.5 Å². The van der Waals surface area contributed by atoms with Gasteiger partial charge in [-0.05, 0) is 62.9 Å². The molecule has 35 heavy (non-hydrogen) atoms. The molecule has 0 aromatic heterocycles. The third kappa shape index (κ3) is 7.67. The van der Waals surface area contributed by atoms with Gasteiger partial charge in [0.2, 0.25) is 5.91 Å². The van der Waals surface area contributed by atoms with E-state index in [2.05, 4.69) is 32.9 Å². The lowest BCUT2D eigenvalue weighted by Crippen LogP contribution is -2.45. The number of amides is 2. The normalized spacial score (nSPS) is 15.1. The van der Waals surface area contributed by atoms with E-state index in [0.29, 0.717) is 28.7 Å². The Morgan fingerprint density at radius 3 is 2.37 bits per heavy atom. The lowest BCUT2D eigenvalue weighted by molar-refractivity contribution is -0.137. The first-order chi connectivity index (χ1) is 16.7. The minimum Gasteiger partial charge on any atom is -0.497 e. The van der Waals surface area contributed by atoms with Crippen LogP contribution in [0.25, 0.3) is 6.08 Å². The smallest absolute Gasteiger partial charge is 0.266 e. The van der Waals surface area contributed by atoms with Gasteiger partial charge in [0.25, 0.3) is 5.91 Å². The number of ether oxygens (including phenoxy) is 1. The Bertz CT molecular complexity index is 1060. The maximum Gasteiger partial charge on any atom is 0.266 e. The SMILES string of the molecule is COc1ccc(C=C2SC(=S)N(CCCCCC(=O)N(Cc3ccccc3)C(C)(C)C)C2=O)cc1. The molecule has 1 saturated heterocycles. The van der Waals surface area contributed by atoms with Crippen LogP contribution in [0, 0.1) is 0 Å². The first-order valence-electron chi connectivity index (χ1n) is 11.9. The molecule has 186 valence electrons. The summed E-state index contributed by atoms with van der Waals surface area (Å²) in [5.41, 5.74) is 1.82. The van der Waals surface area contributed by atoms with Gasteiger partial charge < -0.3 is 9.64 Å². The predicted molar refractivity (Wildman–Crippen MR) is 148 cm³/mol. The van der Waals surface area contributed by atoms with Crippen LogP contribution < -0.4 is 4.74 Å². The van der Waals surface area contributed by atoms with Crippen molar-refractivity contribution < 1.29 is 14.3 Å². The third-order valence-corrected chi connectivity index (χ3v) is 7.23. The molecule has 7 heteroatoms. The van der Waals surface area contributed by atoms with Gasteiger partial charge in [-0.15, -0.1) is 0 Å². The monoisotopic (exact) mass is 510 g/mol. The van der Waals surface area contributed by atoms with Crippen LogP contribution in [0.5, 0.6) is 5.75 Å². The summed E-state index contributed by atoms with van der Waals surface area (Å²) >= 11 is 6.79. The molecule has 3 rings (SSSR count). The summed E-state index contributed by atoms with van der Waals surface area (Å²) in [4.78, 5) is 30.1. The second-order valence-electron chi connectivity index (χ2n) is 9.55. The zero-order valence-electron chi connectivity index (χ0n) is 21.0. The number of thioether (sulfide) groups is 1. The van der Waals surface area contributed by atoms with Crippen molar-refractivity contribution >= 4 is 46.2 Å². The van der Waals surface area contributed by atoms with Crippen LogP contribution in [0.4, 0.5) is 0 Å². The summed E-state index contributed by atoms with van der Waals surface area (Å²) in [6.07, 6.45) is 4.83. The van der Waals surface area contributed by atoms with Gasteiger partial charge in [-0.2, -0.15) is 0 Å². The molecule has 0 bridgehead atoms. The average Bonchev–Trinajstić information content (AvgIpc) is 3.09. The zero-order chi connectivity index (χ0) is 25.4. The van der Waals surface area contributed by atoms with Crippen LogP contribution in [-0.4, -0.2) is 45.1 Å². The van der Waals surface area contributed by atoms with Crippen molar-refractivity contribution in [3.8, 4) is 5.75 Å². The Kier molecular flexibility index (Phi) is 9.52. The molecule has 2 aromatic rings. The molecule has 0 atom stereocenters. The van der Waals surface area contributed by atoms with Crippen LogP contribution in [-0.2, 0) is 16.1 Å². The third-order valence-electron chi connectivity index (χ3n) is 5.85. The number of unbranched alkanes of at least 4 members (excludes halogenated alkanes) is 2. The maximum absolute atomic E-state index is 13.0. The number of hydrogen-bond donors (Lipinski definition) is 0. The quantitative estimate of drug-likeness (QED) is 0.214. The standard InChI is InChI=1S/C28H34N2O3S2/c1-28(2,3)30(20-22-11-7-5-8-12-22)25(31)13-9-6-10-18-29-26(32)24(35-27(29)34)19-21-14-16-23(33-4)17-15-21/h5,7-8,11-12,14-17,19H,6,9-10,13,18,20H2,1-4H3. The molecule has 0 spiro atoms. The molecule has 1 aliphatic heterocycles. The largest absolute Gasteiger partial charge is 0.497 e. The zero-order valence-corrected chi connectivity index (χ0v) is 22.6. The summed E-state index contributed by atoms with van der Waals surface area (Å²) in [6.45, 7) is 7.40. The van der Waals surface area contributed by atoms with Crippen LogP contribution in [0.15, 0.2) is 59.5 Å². The topological polar surface area (TPSA) is 49.9 Å². The summed E-state index contributed by atoms with van der Waals surface area (Å²) in [6, 6.07) is 17.7. The molecule has 2 amide bonds. The number of methoxy groups -OCH3 is 1. The van der Waals surface area contributed by atoms with Crippen LogP contribution in [0.2, 0.25) is 0 Å². The Morgan fingerprint density at radius 2 is 1.74 bits per heavy atom. The maximum atomic E-state index is 13.0. The second-order valence-corrected chi connectivity index (χ2v) is 11.2. The number of carbonyl (C=O) groups is 2. The van der Waals surface area contributed by atoms with Crippen molar-refractivity contribution in [2.24, 2.45) is 0 Å². The van der Waals surface area contributed by atoms with Crippen LogP contribution in [0.1, 0.15) is 57.6 Å². The molecule has 0 radical (unpaired) electrons. The first-order valence-corrected chi connectivity index (χ1v) is 13.2. The fourth-order valence-corrected chi connectivity index (χ4v) is 5.18. The van der Waals surface area contributed by atoms with Crippen LogP contribution >= 0.6 is 24.0 Å². The van der Waals surface area contributed by atoms with Gasteiger partial charge in [0.1, 0.15) is 10.1 Å². The minimum absolute atomic E-state index is 0.0475. The lowest BCUT2D eigenvalue weighted by atomic mass is 10.0. The molecular weight excluding hydrogens is 476 g/mol. The highest BCUT2D eigenvalue weighted by Gasteiger charge is 2.31. The summed E-state index contributed by atoms with van der Waals surface area (Å²) in [7, 11) is 1.63. The van der Waals surface area contributed by atoms with Gasteiger partial charge in [0.05, 0.1) is 12.0 Å². The van der Waals surface area contributed by atoms with Gasteiger partial charge in [0.15, 0.2) is 0 Å². The van der Waals surface area contributed by atoms with E-state index in [1.54, 1.807) is 12.0 Å². The number of thiocarbonyl (C=S) groups is 1. The summed E-state index contributed by atoms with van der Waals surface area (Å²) < 4.78 is 5.77. The fourth-order valence-electron chi connectivity index (χ4n) is 3.87. The van der Waals surface area contributed by atoms with Gasteiger partial charge in [-0.3, -0.25) is 14.5 Å². The van der Waals surface area contributed by atoms with Crippen molar-refractivity contribution in [2.75, 3.05) is 13.7 Å². The van der Waals surface area contributed by atoms with Crippen molar-refractivity contribution in [3.05, 3.63) is 70.6 Å². The van der Waals surface area contributed by atoms with Gasteiger partial charge in [-0.1, -0.05) is 72.9 Å². The molecule has 2 aromatic carbocycles. The highest BCUT2D eigenvalue weighted by Crippen LogP contribution is 2.33. The fraction of sp³-hybridized carbons (Fsp3) is 0.393. The molecule has 5 nitrogen and oxygen atoms in total. The predicted octanol–water partition coefficient (Wildman–Crippen LogP) is 6.28. The average molecular weight is 511 g/mol. The van der Waals surface area contributed by atoms with E-state index in [0.717, 1.165) is 36.1 Å². The molecule has 0 N–H and O–H groups in total. The molecular formula is C28H34N2O3S2. The Labute approximate surface area is 218 Å². The Hall–Kier alpha value is -2.64. The molecule has 1 aliphatic rings.